The molecule has 1 fully saturated rings. The lowest BCUT2D eigenvalue weighted by molar-refractivity contribution is -0.138. The van der Waals surface area contributed by atoms with Gasteiger partial charge in [0.2, 0.25) is 5.96 Å². The van der Waals surface area contributed by atoms with Gasteiger partial charge in [-0.3, -0.25) is 10.1 Å². The molecule has 0 aromatic heterocycles. The zero-order valence-electron chi connectivity index (χ0n) is 16.9. The third kappa shape index (κ3) is 6.48. The van der Waals surface area contributed by atoms with Crippen LogP contribution in [-0.2, 0) is 12.4 Å². The highest BCUT2D eigenvalue weighted by Crippen LogP contribution is 2.31. The number of carbonyl (C=O) groups excluding carboxylic acids is 1. The lowest BCUT2D eigenvalue weighted by Crippen LogP contribution is -2.37. The molecule has 0 radical (unpaired) electrons. The number of hydrogen-bond donors (Lipinski definition) is 2. The minimum Gasteiger partial charge on any atom is -0.326 e. The van der Waals surface area contributed by atoms with Gasteiger partial charge in [-0.15, -0.1) is 0 Å². The number of anilines is 1. The van der Waals surface area contributed by atoms with Crippen LogP contribution in [0.2, 0.25) is 0 Å². The van der Waals surface area contributed by atoms with Crippen molar-refractivity contribution < 1.29 is 31.1 Å². The Morgan fingerprint density at radius 2 is 1.47 bits per heavy atom. The fraction of sp³-hybridized carbons (Fsp3) is 0.364. The molecule has 0 atom stereocenters. The van der Waals surface area contributed by atoms with Crippen molar-refractivity contribution in [2.75, 3.05) is 5.32 Å². The molecular weight excluding hydrogens is 436 g/mol. The number of halogens is 6. The summed E-state index contributed by atoms with van der Waals surface area (Å²) < 4.78 is 77.3. The largest absolute Gasteiger partial charge is 0.416 e. The van der Waals surface area contributed by atoms with E-state index in [4.69, 9.17) is 0 Å². The molecule has 0 heterocycles. The van der Waals surface area contributed by atoms with Crippen LogP contribution in [0.5, 0.6) is 0 Å². The van der Waals surface area contributed by atoms with E-state index in [0.717, 1.165) is 68.5 Å². The van der Waals surface area contributed by atoms with Gasteiger partial charge >= 0.3 is 12.4 Å². The number of carbonyl (C=O) groups is 1. The molecule has 172 valence electrons. The number of amides is 1. The Bertz CT molecular complexity index is 961. The van der Waals surface area contributed by atoms with Crippen molar-refractivity contribution in [2.45, 2.75) is 50.5 Å². The summed E-state index contributed by atoms with van der Waals surface area (Å²) in [5.74, 6) is -0.783. The molecule has 1 aliphatic carbocycles. The molecule has 3 rings (SSSR count). The van der Waals surface area contributed by atoms with Gasteiger partial charge in [-0.25, -0.2) is 4.99 Å². The van der Waals surface area contributed by atoms with Gasteiger partial charge in [0.25, 0.3) is 5.91 Å². The van der Waals surface area contributed by atoms with Gasteiger partial charge in [-0.1, -0.05) is 25.3 Å². The first-order chi connectivity index (χ1) is 15.0. The zero-order valence-corrected chi connectivity index (χ0v) is 16.9. The van der Waals surface area contributed by atoms with Crippen LogP contribution in [0.15, 0.2) is 53.5 Å². The van der Waals surface area contributed by atoms with Crippen molar-refractivity contribution in [3.63, 3.8) is 0 Å². The van der Waals surface area contributed by atoms with Crippen LogP contribution >= 0.6 is 0 Å². The number of rotatable bonds is 3. The maximum Gasteiger partial charge on any atom is 0.416 e. The highest BCUT2D eigenvalue weighted by molar-refractivity contribution is 6.10. The Kier molecular flexibility index (Phi) is 7.10. The molecule has 2 aromatic carbocycles. The van der Waals surface area contributed by atoms with Gasteiger partial charge in [0.1, 0.15) is 0 Å². The van der Waals surface area contributed by atoms with Crippen molar-refractivity contribution in [1.82, 2.24) is 5.32 Å². The average Bonchev–Trinajstić information content (AvgIpc) is 2.73. The van der Waals surface area contributed by atoms with E-state index in [1.807, 2.05) is 0 Å². The van der Waals surface area contributed by atoms with Crippen LogP contribution in [0.3, 0.4) is 0 Å². The van der Waals surface area contributed by atoms with Gasteiger partial charge in [0.15, 0.2) is 0 Å². The molecule has 10 heteroatoms. The topological polar surface area (TPSA) is 53.5 Å². The van der Waals surface area contributed by atoms with E-state index in [1.165, 1.54) is 12.1 Å². The molecule has 0 saturated heterocycles. The van der Waals surface area contributed by atoms with E-state index in [9.17, 15) is 31.1 Å². The Morgan fingerprint density at radius 1 is 0.844 bits per heavy atom. The van der Waals surface area contributed by atoms with Gasteiger partial charge in [0.05, 0.1) is 17.2 Å². The van der Waals surface area contributed by atoms with E-state index in [0.29, 0.717) is 0 Å². The van der Waals surface area contributed by atoms with Crippen molar-refractivity contribution in [1.29, 1.82) is 0 Å². The van der Waals surface area contributed by atoms with Crippen LogP contribution in [0.1, 0.15) is 53.6 Å². The molecule has 2 aromatic rings. The van der Waals surface area contributed by atoms with Crippen LogP contribution < -0.4 is 10.6 Å². The van der Waals surface area contributed by atoms with E-state index < -0.39 is 29.4 Å². The molecule has 0 aliphatic heterocycles. The van der Waals surface area contributed by atoms with Crippen LogP contribution in [0.25, 0.3) is 0 Å². The Labute approximate surface area is 180 Å². The first kappa shape index (κ1) is 23.6. The number of guanidine groups is 1. The fourth-order valence-corrected chi connectivity index (χ4v) is 3.39. The zero-order chi connectivity index (χ0) is 23.4. The number of benzene rings is 2. The molecule has 0 spiro atoms. The van der Waals surface area contributed by atoms with Crippen LogP contribution in [0, 0.1) is 0 Å². The van der Waals surface area contributed by atoms with E-state index in [-0.39, 0.29) is 23.3 Å². The predicted octanol–water partition coefficient (Wildman–Crippen LogP) is 6.25. The van der Waals surface area contributed by atoms with Gasteiger partial charge < -0.3 is 5.32 Å². The summed E-state index contributed by atoms with van der Waals surface area (Å²) in [4.78, 5) is 17.0. The average molecular weight is 457 g/mol. The molecule has 2 N–H and O–H groups in total. The second-order valence-corrected chi connectivity index (χ2v) is 7.50. The quantitative estimate of drug-likeness (QED) is 0.325. The number of aliphatic imine (C=N–C) groups is 1. The highest BCUT2D eigenvalue weighted by Gasteiger charge is 2.31. The molecular formula is C22H21F6N3O. The number of nitrogens with zero attached hydrogens (tertiary/aromatic N) is 1. The highest BCUT2D eigenvalue weighted by atomic mass is 19.4. The first-order valence-corrected chi connectivity index (χ1v) is 10.0. The number of nitrogens with one attached hydrogen (secondary N) is 2. The second-order valence-electron chi connectivity index (χ2n) is 7.50. The summed E-state index contributed by atoms with van der Waals surface area (Å²) in [7, 11) is 0. The molecule has 4 nitrogen and oxygen atoms in total. The van der Waals surface area contributed by atoms with E-state index in [1.54, 1.807) is 0 Å². The monoisotopic (exact) mass is 457 g/mol. The molecule has 1 saturated carbocycles. The minimum absolute atomic E-state index is 0.0415. The first-order valence-electron chi connectivity index (χ1n) is 10.0. The molecule has 0 unspecified atom stereocenters. The summed E-state index contributed by atoms with van der Waals surface area (Å²) in [5.41, 5.74) is -1.73. The Balaban J connectivity index is 1.82. The lowest BCUT2D eigenvalue weighted by Gasteiger charge is -2.20. The molecule has 0 bridgehead atoms. The van der Waals surface area contributed by atoms with E-state index >= 15 is 0 Å². The number of hydrogen-bond acceptors (Lipinski definition) is 2. The Hall–Kier alpha value is -3.04. The van der Waals surface area contributed by atoms with Gasteiger partial charge in [-0.05, 0) is 55.3 Å². The van der Waals surface area contributed by atoms with Crippen molar-refractivity contribution in [2.24, 2.45) is 4.99 Å². The summed E-state index contributed by atoms with van der Waals surface area (Å²) in [6, 6.07) is 7.94. The molecule has 1 aliphatic rings. The smallest absolute Gasteiger partial charge is 0.326 e. The maximum absolute atomic E-state index is 13.0. The summed E-state index contributed by atoms with van der Waals surface area (Å²) >= 11 is 0. The normalized spacial score (nSPS) is 16.0. The number of alkyl halides is 6. The van der Waals surface area contributed by atoms with E-state index in [2.05, 4.69) is 15.6 Å². The summed E-state index contributed by atoms with van der Waals surface area (Å²) in [5, 5.41) is 5.20. The standard InChI is InChI=1S/C22H21F6N3O/c23-21(24,25)15-11-9-14(10-12-15)19(32)31-20(29-17-6-2-1-3-7-17)30-18-8-4-5-16(13-18)22(26,27)28/h4-5,8-13,17H,1-3,6-7H2,(H2,29,30,31,32). The third-order valence-electron chi connectivity index (χ3n) is 5.05. The summed E-state index contributed by atoms with van der Waals surface area (Å²) in [6.45, 7) is 0. The SMILES string of the molecule is O=C(NC(=NC1CCCCC1)Nc1cccc(C(F)(F)F)c1)c1ccc(C(F)(F)F)cc1. The molecule has 32 heavy (non-hydrogen) atoms. The molecule has 1 amide bonds. The second kappa shape index (κ2) is 9.62. The van der Waals surface area contributed by atoms with Gasteiger partial charge in [0, 0.05) is 11.3 Å². The third-order valence-corrected chi connectivity index (χ3v) is 5.05. The van der Waals surface area contributed by atoms with Crippen LogP contribution in [0.4, 0.5) is 32.0 Å². The lowest BCUT2D eigenvalue weighted by atomic mass is 9.96. The van der Waals surface area contributed by atoms with Crippen molar-refractivity contribution >= 4 is 17.6 Å². The van der Waals surface area contributed by atoms with Crippen LogP contribution in [-0.4, -0.2) is 17.9 Å². The van der Waals surface area contributed by atoms with Crippen molar-refractivity contribution in [3.05, 3.63) is 65.2 Å². The predicted molar refractivity (Wildman–Crippen MR) is 108 cm³/mol. The Morgan fingerprint density at radius 3 is 2.06 bits per heavy atom. The maximum atomic E-state index is 13.0. The minimum atomic E-state index is -4.54. The fourth-order valence-electron chi connectivity index (χ4n) is 3.39. The summed E-state index contributed by atoms with van der Waals surface area (Å²) in [6.07, 6.45) is -4.60. The van der Waals surface area contributed by atoms with Crippen molar-refractivity contribution in [3.8, 4) is 0 Å². The van der Waals surface area contributed by atoms with Gasteiger partial charge in [-0.2, -0.15) is 26.3 Å².